The number of thiazole rings is 1. The van der Waals surface area contributed by atoms with Gasteiger partial charge in [-0.15, -0.1) is 0 Å². The number of nitro benzene ring substituents is 1. The summed E-state index contributed by atoms with van der Waals surface area (Å²) < 4.78 is 17.0. The minimum absolute atomic E-state index is 0.111. The van der Waals surface area contributed by atoms with Crippen molar-refractivity contribution in [1.29, 1.82) is 0 Å². The number of fused-ring (bicyclic) bond motifs is 1. The van der Waals surface area contributed by atoms with Crippen molar-refractivity contribution in [2.24, 2.45) is 0 Å². The molecule has 0 saturated carbocycles. The molecular formula is C25H28ClN5O6S. The van der Waals surface area contributed by atoms with E-state index >= 15 is 0 Å². The van der Waals surface area contributed by atoms with Crippen LogP contribution in [0.1, 0.15) is 10.4 Å². The number of carbonyl (C=O) groups excluding carboxylic acids is 1. The molecule has 1 amide bonds. The standard InChI is InChI=1S/C25H28ClN5O6S/c1-35-21-5-3-18(26)23-22(21)27-25(38-23)30(7-6-28-8-12-36-13-9-28)24(32)17-2-4-19(20(16-17)31(33)34)29-10-14-37-15-11-29/h2-5,16H,6-15H2,1H3. The zero-order valence-corrected chi connectivity index (χ0v) is 22.5. The van der Waals surface area contributed by atoms with Gasteiger partial charge in [-0.3, -0.25) is 24.7 Å². The van der Waals surface area contributed by atoms with Gasteiger partial charge in [-0.2, -0.15) is 0 Å². The molecule has 3 aromatic rings. The SMILES string of the molecule is COc1ccc(Cl)c2sc(N(CCN3CCOCC3)C(=O)c3ccc(N4CCOCC4)c([N+](=O)[O-])c3)nc12. The van der Waals surface area contributed by atoms with Gasteiger partial charge in [0.2, 0.25) is 0 Å². The van der Waals surface area contributed by atoms with Crippen LogP contribution in [0, 0.1) is 10.1 Å². The van der Waals surface area contributed by atoms with Gasteiger partial charge in [0, 0.05) is 50.9 Å². The summed E-state index contributed by atoms with van der Waals surface area (Å²) in [6.07, 6.45) is 0. The Morgan fingerprint density at radius 2 is 1.87 bits per heavy atom. The summed E-state index contributed by atoms with van der Waals surface area (Å²) in [5.74, 6) is 0.182. The number of aromatic nitrogens is 1. The average molecular weight is 562 g/mol. The molecule has 0 unspecified atom stereocenters. The van der Waals surface area contributed by atoms with Crippen LogP contribution in [-0.4, -0.2) is 93.5 Å². The Morgan fingerprint density at radius 1 is 1.16 bits per heavy atom. The van der Waals surface area contributed by atoms with E-state index in [2.05, 4.69) is 4.90 Å². The Labute approximate surface area is 228 Å². The van der Waals surface area contributed by atoms with E-state index in [0.717, 1.165) is 13.1 Å². The van der Waals surface area contributed by atoms with Gasteiger partial charge < -0.3 is 19.1 Å². The number of ether oxygens (including phenoxy) is 3. The minimum Gasteiger partial charge on any atom is -0.494 e. The summed E-state index contributed by atoms with van der Waals surface area (Å²) in [5.41, 5.74) is 1.15. The highest BCUT2D eigenvalue weighted by molar-refractivity contribution is 7.23. The van der Waals surface area contributed by atoms with Crippen molar-refractivity contribution < 1.29 is 23.9 Å². The largest absolute Gasteiger partial charge is 0.494 e. The molecule has 2 aliphatic rings. The first-order valence-corrected chi connectivity index (χ1v) is 13.5. The van der Waals surface area contributed by atoms with Crippen molar-refractivity contribution in [1.82, 2.24) is 9.88 Å². The lowest BCUT2D eigenvalue weighted by Crippen LogP contribution is -2.43. The third kappa shape index (κ3) is 5.54. The lowest BCUT2D eigenvalue weighted by molar-refractivity contribution is -0.384. The molecule has 0 atom stereocenters. The highest BCUT2D eigenvalue weighted by atomic mass is 35.5. The van der Waals surface area contributed by atoms with Gasteiger partial charge in [-0.1, -0.05) is 22.9 Å². The van der Waals surface area contributed by atoms with E-state index in [9.17, 15) is 14.9 Å². The fraction of sp³-hybridized carbons (Fsp3) is 0.440. The maximum absolute atomic E-state index is 13.9. The lowest BCUT2D eigenvalue weighted by Gasteiger charge is -2.30. The van der Waals surface area contributed by atoms with Crippen LogP contribution in [0.5, 0.6) is 5.75 Å². The first kappa shape index (κ1) is 26.6. The van der Waals surface area contributed by atoms with E-state index in [1.54, 1.807) is 36.3 Å². The summed E-state index contributed by atoms with van der Waals surface area (Å²) in [7, 11) is 1.55. The molecule has 2 aromatic carbocycles. The van der Waals surface area contributed by atoms with E-state index in [-0.39, 0.29) is 17.2 Å². The predicted molar refractivity (Wildman–Crippen MR) is 146 cm³/mol. The average Bonchev–Trinajstić information content (AvgIpc) is 3.40. The number of halogens is 1. The van der Waals surface area contributed by atoms with Crippen LogP contribution < -0.4 is 14.5 Å². The van der Waals surface area contributed by atoms with Gasteiger partial charge in [-0.05, 0) is 24.3 Å². The van der Waals surface area contributed by atoms with Crippen LogP contribution in [-0.2, 0) is 9.47 Å². The van der Waals surface area contributed by atoms with Crippen LogP contribution in [0.15, 0.2) is 30.3 Å². The number of morpholine rings is 2. The van der Waals surface area contributed by atoms with E-state index in [1.165, 1.54) is 17.4 Å². The van der Waals surface area contributed by atoms with Crippen LogP contribution in [0.4, 0.5) is 16.5 Å². The maximum atomic E-state index is 13.9. The molecule has 202 valence electrons. The Morgan fingerprint density at radius 3 is 2.55 bits per heavy atom. The summed E-state index contributed by atoms with van der Waals surface area (Å²) in [6, 6.07) is 8.12. The molecule has 0 radical (unpaired) electrons. The van der Waals surface area contributed by atoms with Gasteiger partial charge >= 0.3 is 0 Å². The van der Waals surface area contributed by atoms with Gasteiger partial charge in [-0.25, -0.2) is 4.98 Å². The smallest absolute Gasteiger partial charge is 0.293 e. The summed E-state index contributed by atoms with van der Waals surface area (Å²) in [6.45, 7) is 5.84. The summed E-state index contributed by atoms with van der Waals surface area (Å²) >= 11 is 7.74. The summed E-state index contributed by atoms with van der Waals surface area (Å²) in [5, 5.41) is 13.0. The monoisotopic (exact) mass is 561 g/mol. The zero-order chi connectivity index (χ0) is 26.6. The predicted octanol–water partition coefficient (Wildman–Crippen LogP) is 3.68. The van der Waals surface area contributed by atoms with E-state index in [0.29, 0.717) is 84.4 Å². The molecule has 11 nitrogen and oxygen atoms in total. The number of anilines is 2. The lowest BCUT2D eigenvalue weighted by atomic mass is 10.1. The number of methoxy groups -OCH3 is 1. The third-order valence-electron chi connectivity index (χ3n) is 6.66. The molecule has 0 aliphatic carbocycles. The van der Waals surface area contributed by atoms with Crippen molar-refractivity contribution >= 4 is 55.6 Å². The van der Waals surface area contributed by atoms with Crippen molar-refractivity contribution in [2.75, 3.05) is 82.6 Å². The number of nitro groups is 1. The number of hydrogen-bond acceptors (Lipinski definition) is 10. The van der Waals surface area contributed by atoms with Crippen LogP contribution in [0.3, 0.4) is 0 Å². The van der Waals surface area contributed by atoms with E-state index in [4.69, 9.17) is 30.8 Å². The molecule has 2 fully saturated rings. The normalized spacial score (nSPS) is 16.5. The molecule has 5 rings (SSSR count). The third-order valence-corrected chi connectivity index (χ3v) is 8.20. The Hall–Kier alpha value is -3.03. The second-order valence-corrected chi connectivity index (χ2v) is 10.3. The van der Waals surface area contributed by atoms with Crippen LogP contribution >= 0.6 is 22.9 Å². The molecule has 38 heavy (non-hydrogen) atoms. The topological polar surface area (TPSA) is 111 Å². The molecule has 2 aliphatic heterocycles. The van der Waals surface area contributed by atoms with Crippen LogP contribution in [0.25, 0.3) is 10.2 Å². The second kappa shape index (κ2) is 11.8. The van der Waals surface area contributed by atoms with Crippen molar-refractivity contribution in [2.45, 2.75) is 0 Å². The number of carbonyl (C=O) groups is 1. The first-order valence-electron chi connectivity index (χ1n) is 12.3. The van der Waals surface area contributed by atoms with Gasteiger partial charge in [0.05, 0.1) is 48.2 Å². The number of hydrogen-bond donors (Lipinski definition) is 0. The zero-order valence-electron chi connectivity index (χ0n) is 20.9. The number of amides is 1. The molecule has 2 saturated heterocycles. The van der Waals surface area contributed by atoms with Crippen molar-refractivity contribution in [3.63, 3.8) is 0 Å². The minimum atomic E-state index is -0.442. The summed E-state index contributed by atoms with van der Waals surface area (Å²) in [4.78, 5) is 35.9. The highest BCUT2D eigenvalue weighted by Crippen LogP contribution is 2.39. The van der Waals surface area contributed by atoms with Crippen molar-refractivity contribution in [3.05, 3.63) is 51.0 Å². The van der Waals surface area contributed by atoms with Gasteiger partial charge in [0.15, 0.2) is 5.13 Å². The molecular weight excluding hydrogens is 534 g/mol. The first-order chi connectivity index (χ1) is 18.5. The van der Waals surface area contributed by atoms with Crippen LogP contribution in [0.2, 0.25) is 5.02 Å². The molecule has 0 N–H and O–H groups in total. The number of benzene rings is 2. The molecule has 13 heteroatoms. The Balaban J connectivity index is 1.50. The number of rotatable bonds is 8. The Bertz CT molecular complexity index is 1330. The fourth-order valence-corrected chi connectivity index (χ4v) is 5.88. The molecule has 0 bridgehead atoms. The molecule has 1 aromatic heterocycles. The Kier molecular flexibility index (Phi) is 8.24. The van der Waals surface area contributed by atoms with E-state index < -0.39 is 4.92 Å². The fourth-order valence-electron chi connectivity index (χ4n) is 4.60. The number of nitrogens with zero attached hydrogens (tertiary/aromatic N) is 5. The molecule has 3 heterocycles. The van der Waals surface area contributed by atoms with Gasteiger partial charge in [0.1, 0.15) is 17.0 Å². The maximum Gasteiger partial charge on any atom is 0.293 e. The van der Waals surface area contributed by atoms with E-state index in [1.807, 2.05) is 4.90 Å². The second-order valence-electron chi connectivity index (χ2n) is 8.89. The quantitative estimate of drug-likeness (QED) is 0.300. The van der Waals surface area contributed by atoms with Crippen molar-refractivity contribution in [3.8, 4) is 5.75 Å². The van der Waals surface area contributed by atoms with Gasteiger partial charge in [0.25, 0.3) is 11.6 Å². The highest BCUT2D eigenvalue weighted by Gasteiger charge is 2.28. The molecule has 0 spiro atoms.